The molecule has 0 radical (unpaired) electrons. The zero-order valence-corrected chi connectivity index (χ0v) is 18.8. The summed E-state index contributed by atoms with van der Waals surface area (Å²) in [5.41, 5.74) is 8.90. The molecular formula is C25H31N5O3. The van der Waals surface area contributed by atoms with Crippen molar-refractivity contribution in [3.8, 4) is 11.3 Å². The van der Waals surface area contributed by atoms with Gasteiger partial charge < -0.3 is 25.2 Å². The number of imidazole rings is 1. The molecular weight excluding hydrogens is 418 g/mol. The second-order valence-electron chi connectivity index (χ2n) is 10.3. The van der Waals surface area contributed by atoms with Gasteiger partial charge in [0.2, 0.25) is 5.91 Å². The first-order valence-corrected chi connectivity index (χ1v) is 12.1. The van der Waals surface area contributed by atoms with Crippen LogP contribution < -0.4 is 5.73 Å². The second kappa shape index (κ2) is 7.58. The second-order valence-corrected chi connectivity index (χ2v) is 10.3. The zero-order chi connectivity index (χ0) is 22.7. The molecule has 4 heterocycles. The summed E-state index contributed by atoms with van der Waals surface area (Å²) in [4.78, 5) is 32.4. The van der Waals surface area contributed by atoms with Crippen LogP contribution in [0.2, 0.25) is 0 Å². The van der Waals surface area contributed by atoms with Gasteiger partial charge in [-0.3, -0.25) is 4.79 Å². The number of nitrogens with zero attached hydrogens (tertiary/aromatic N) is 4. The molecule has 1 aromatic carbocycles. The van der Waals surface area contributed by atoms with Gasteiger partial charge in [0.1, 0.15) is 0 Å². The van der Waals surface area contributed by atoms with Crippen LogP contribution in [0, 0.1) is 17.3 Å². The first kappa shape index (κ1) is 20.7. The summed E-state index contributed by atoms with van der Waals surface area (Å²) in [5.74, 6) is 0.345. The minimum absolute atomic E-state index is 0.0247. The minimum Gasteiger partial charge on any atom is -0.392 e. The number of aliphatic hydroxyl groups is 1. The Hall–Kier alpha value is -2.87. The quantitative estimate of drug-likeness (QED) is 0.734. The van der Waals surface area contributed by atoms with Crippen LogP contribution in [0.4, 0.5) is 4.79 Å². The van der Waals surface area contributed by atoms with Crippen molar-refractivity contribution >= 4 is 11.9 Å². The van der Waals surface area contributed by atoms with Gasteiger partial charge in [0.05, 0.1) is 30.4 Å². The Morgan fingerprint density at radius 2 is 1.79 bits per heavy atom. The van der Waals surface area contributed by atoms with Crippen LogP contribution in [0.3, 0.4) is 0 Å². The molecule has 8 heteroatoms. The summed E-state index contributed by atoms with van der Waals surface area (Å²) in [6.45, 7) is 2.53. The molecule has 0 bridgehead atoms. The molecule has 1 aromatic heterocycles. The van der Waals surface area contributed by atoms with E-state index in [1.807, 2.05) is 17.4 Å². The van der Waals surface area contributed by atoms with Crippen LogP contribution in [0.1, 0.15) is 43.7 Å². The number of aliphatic hydroxyl groups excluding tert-OH is 1. The normalized spacial score (nSPS) is 28.3. The summed E-state index contributed by atoms with van der Waals surface area (Å²) in [6, 6.07) is 8.18. The number of carbonyl (C=O) groups is 2. The molecule has 174 valence electrons. The maximum atomic E-state index is 13.1. The average molecular weight is 450 g/mol. The highest BCUT2D eigenvalue weighted by Gasteiger charge is 2.58. The number of fused-ring (bicyclic) bond motifs is 3. The number of amides is 3. The smallest absolute Gasteiger partial charge is 0.314 e. The Labute approximate surface area is 193 Å². The Morgan fingerprint density at radius 1 is 1.06 bits per heavy atom. The predicted octanol–water partition coefficient (Wildman–Crippen LogP) is 2.23. The molecule has 1 unspecified atom stereocenters. The summed E-state index contributed by atoms with van der Waals surface area (Å²) in [7, 11) is 0. The monoisotopic (exact) mass is 449 g/mol. The van der Waals surface area contributed by atoms with E-state index in [-0.39, 0.29) is 35.3 Å². The minimum atomic E-state index is -0.401. The molecule has 2 saturated heterocycles. The maximum absolute atomic E-state index is 13.1. The molecule has 6 rings (SSSR count). The van der Waals surface area contributed by atoms with Crippen molar-refractivity contribution < 1.29 is 14.7 Å². The fraction of sp³-hybridized carbons (Fsp3) is 0.560. The van der Waals surface area contributed by atoms with Crippen molar-refractivity contribution in [1.29, 1.82) is 0 Å². The Balaban J connectivity index is 1.10. The molecule has 1 spiro atoms. The summed E-state index contributed by atoms with van der Waals surface area (Å²) < 4.78 is 2.22. The van der Waals surface area contributed by atoms with Crippen LogP contribution in [0.5, 0.6) is 0 Å². The number of urea groups is 1. The van der Waals surface area contributed by atoms with E-state index in [0.29, 0.717) is 39.0 Å². The van der Waals surface area contributed by atoms with E-state index in [1.165, 1.54) is 11.1 Å². The van der Waals surface area contributed by atoms with Crippen LogP contribution in [-0.4, -0.2) is 68.7 Å². The number of likely N-dealkylation sites (tertiary alicyclic amines) is 2. The maximum Gasteiger partial charge on any atom is 0.314 e. The number of carbonyl (C=O) groups excluding carboxylic acids is 2. The van der Waals surface area contributed by atoms with Crippen molar-refractivity contribution in [3.05, 3.63) is 42.4 Å². The van der Waals surface area contributed by atoms with E-state index in [1.54, 1.807) is 4.90 Å². The molecule has 8 nitrogen and oxygen atoms in total. The van der Waals surface area contributed by atoms with Gasteiger partial charge in [0.15, 0.2) is 0 Å². The molecule has 2 aromatic rings. The third-order valence-electron chi connectivity index (χ3n) is 8.83. The highest BCUT2D eigenvalue weighted by molar-refractivity contribution is 5.79. The van der Waals surface area contributed by atoms with Crippen molar-refractivity contribution in [2.75, 3.05) is 26.2 Å². The first-order chi connectivity index (χ1) is 16.0. The lowest BCUT2D eigenvalue weighted by atomic mass is 9.53. The predicted molar refractivity (Wildman–Crippen MR) is 122 cm³/mol. The molecule has 3 amide bonds. The van der Waals surface area contributed by atoms with Gasteiger partial charge in [-0.05, 0) is 37.7 Å². The number of benzene rings is 1. The molecule has 1 saturated carbocycles. The molecule has 4 aliphatic rings. The Morgan fingerprint density at radius 3 is 2.48 bits per heavy atom. The van der Waals surface area contributed by atoms with Crippen molar-refractivity contribution in [1.82, 2.24) is 19.4 Å². The van der Waals surface area contributed by atoms with E-state index in [4.69, 9.17) is 5.73 Å². The third-order valence-corrected chi connectivity index (χ3v) is 8.83. The lowest BCUT2D eigenvalue weighted by molar-refractivity contribution is -0.166. The van der Waals surface area contributed by atoms with Crippen LogP contribution >= 0.6 is 0 Å². The van der Waals surface area contributed by atoms with Crippen LogP contribution in [0.25, 0.3) is 11.3 Å². The highest BCUT2D eigenvalue weighted by atomic mass is 16.3. The van der Waals surface area contributed by atoms with Gasteiger partial charge >= 0.3 is 6.03 Å². The zero-order valence-electron chi connectivity index (χ0n) is 18.8. The van der Waals surface area contributed by atoms with E-state index in [2.05, 4.69) is 33.8 Å². The van der Waals surface area contributed by atoms with Crippen molar-refractivity contribution in [2.45, 2.75) is 44.2 Å². The molecule has 3 atom stereocenters. The fourth-order valence-corrected chi connectivity index (χ4v) is 6.87. The molecule has 3 N–H and O–H groups in total. The number of piperidine rings is 2. The topological polar surface area (TPSA) is 105 Å². The molecule has 3 aliphatic heterocycles. The van der Waals surface area contributed by atoms with Crippen LogP contribution in [-0.2, 0) is 4.79 Å². The van der Waals surface area contributed by atoms with E-state index in [9.17, 15) is 14.7 Å². The van der Waals surface area contributed by atoms with Gasteiger partial charge in [0, 0.05) is 49.0 Å². The van der Waals surface area contributed by atoms with Gasteiger partial charge in [-0.1, -0.05) is 24.3 Å². The summed E-state index contributed by atoms with van der Waals surface area (Å²) in [6.07, 6.45) is 7.47. The first-order valence-electron chi connectivity index (χ1n) is 12.1. The SMILES string of the molecule is NC(=O)N1CCC(C(=O)N2CCC3(CC2)C[C@@H](C2c4ccccc4-c4cncn42)[C@H]3O)CC1. The fourth-order valence-electron chi connectivity index (χ4n) is 6.87. The van der Waals surface area contributed by atoms with E-state index >= 15 is 0 Å². The largest absolute Gasteiger partial charge is 0.392 e. The van der Waals surface area contributed by atoms with E-state index in [0.717, 1.165) is 25.0 Å². The number of aromatic nitrogens is 2. The number of primary amides is 1. The van der Waals surface area contributed by atoms with Crippen molar-refractivity contribution in [2.24, 2.45) is 23.0 Å². The molecule has 3 fully saturated rings. The highest BCUT2D eigenvalue weighted by Crippen LogP contribution is 2.59. The van der Waals surface area contributed by atoms with Crippen LogP contribution in [0.15, 0.2) is 36.8 Å². The Bertz CT molecular complexity index is 1080. The van der Waals surface area contributed by atoms with Gasteiger partial charge in [0.25, 0.3) is 0 Å². The lowest BCUT2D eigenvalue weighted by Gasteiger charge is -2.58. The molecule has 1 aliphatic carbocycles. The van der Waals surface area contributed by atoms with Gasteiger partial charge in [-0.15, -0.1) is 0 Å². The number of rotatable bonds is 2. The van der Waals surface area contributed by atoms with Gasteiger partial charge in [-0.25, -0.2) is 9.78 Å². The Kier molecular flexibility index (Phi) is 4.76. The molecule has 33 heavy (non-hydrogen) atoms. The summed E-state index contributed by atoms with van der Waals surface area (Å²) in [5, 5.41) is 11.4. The number of nitrogens with two attached hydrogens (primary N) is 1. The van der Waals surface area contributed by atoms with Gasteiger partial charge in [-0.2, -0.15) is 0 Å². The van der Waals surface area contributed by atoms with E-state index < -0.39 is 6.03 Å². The van der Waals surface area contributed by atoms with Crippen molar-refractivity contribution in [3.63, 3.8) is 0 Å². The summed E-state index contributed by atoms with van der Waals surface area (Å²) >= 11 is 0. The lowest BCUT2D eigenvalue weighted by Crippen LogP contribution is -2.60. The standard InChI is InChI=1S/C25H31N5O3/c26-24(33)29-9-5-16(6-10-29)23(32)28-11-7-25(8-12-28)13-19(22(25)31)21-18-4-2-1-3-17(18)20-14-27-15-30(20)21/h1-4,14-16,19,21-22,31H,5-13H2,(H2,26,33)/t19-,21?,22+/m0/s1. The average Bonchev–Trinajstić information content (AvgIpc) is 3.44. The number of hydrogen-bond donors (Lipinski definition) is 2. The number of hydrogen-bond acceptors (Lipinski definition) is 4. The third kappa shape index (κ3) is 3.10.